The molecule has 0 atom stereocenters. The van der Waals surface area contributed by atoms with Crippen molar-refractivity contribution in [3.8, 4) is 17.2 Å². The van der Waals surface area contributed by atoms with Crippen molar-refractivity contribution in [3.05, 3.63) is 47.8 Å². The summed E-state index contributed by atoms with van der Waals surface area (Å²) >= 11 is 0. The monoisotopic (exact) mass is 196 g/mol. The Hall–Kier alpha value is -2.01. The van der Waals surface area contributed by atoms with Gasteiger partial charge in [-0.05, 0) is 18.1 Å². The quantitative estimate of drug-likeness (QED) is 0.689. The van der Waals surface area contributed by atoms with Crippen LogP contribution in [-0.2, 0) is 7.05 Å². The number of hydrogen-bond donors (Lipinski definition) is 0. The molecule has 0 aliphatic carbocycles. The molecule has 2 rings (SSSR count). The summed E-state index contributed by atoms with van der Waals surface area (Å²) < 4.78 is 1.92. The molecule has 1 aromatic carbocycles. The average molecular weight is 196 g/mol. The van der Waals surface area contributed by atoms with Crippen molar-refractivity contribution in [2.75, 3.05) is 0 Å². The van der Waals surface area contributed by atoms with Gasteiger partial charge in [0.05, 0.1) is 5.56 Å². The molecule has 0 aliphatic heterocycles. The number of aryl methyl sites for hydroxylation is 2. The Labute approximate surface area is 89.4 Å². The molecule has 1 aromatic heterocycles. The van der Waals surface area contributed by atoms with Crippen LogP contribution in [0.5, 0.6) is 0 Å². The van der Waals surface area contributed by atoms with Crippen LogP contribution in [0.3, 0.4) is 0 Å². The van der Waals surface area contributed by atoms with Crippen LogP contribution >= 0.6 is 0 Å². The van der Waals surface area contributed by atoms with Crippen LogP contribution in [0.2, 0.25) is 0 Å². The van der Waals surface area contributed by atoms with Gasteiger partial charge in [0.2, 0.25) is 0 Å². The van der Waals surface area contributed by atoms with Gasteiger partial charge >= 0.3 is 0 Å². The Bertz CT molecular complexity index is 530. The first-order valence-corrected chi connectivity index (χ1v) is 4.84. The molecule has 0 amide bonds. The highest BCUT2D eigenvalue weighted by Gasteiger charge is 2.08. The van der Waals surface area contributed by atoms with Crippen LogP contribution < -0.4 is 0 Å². The van der Waals surface area contributed by atoms with Crippen LogP contribution in [-0.4, -0.2) is 4.57 Å². The summed E-state index contributed by atoms with van der Waals surface area (Å²) in [5.74, 6) is 0. The van der Waals surface area contributed by atoms with E-state index in [0.717, 1.165) is 16.7 Å². The fourth-order valence-corrected chi connectivity index (χ4v) is 1.76. The van der Waals surface area contributed by atoms with Crippen molar-refractivity contribution in [1.29, 1.82) is 5.26 Å². The minimum Gasteiger partial charge on any atom is -0.355 e. The van der Waals surface area contributed by atoms with E-state index >= 15 is 0 Å². The molecule has 74 valence electrons. The maximum absolute atomic E-state index is 9.02. The lowest BCUT2D eigenvalue weighted by Gasteiger charge is -2.02. The van der Waals surface area contributed by atoms with Crippen LogP contribution in [0.4, 0.5) is 0 Å². The zero-order valence-corrected chi connectivity index (χ0v) is 8.86. The lowest BCUT2D eigenvalue weighted by molar-refractivity contribution is 0.927. The van der Waals surface area contributed by atoms with E-state index in [1.54, 1.807) is 0 Å². The van der Waals surface area contributed by atoms with Gasteiger partial charge in [-0.2, -0.15) is 5.26 Å². The van der Waals surface area contributed by atoms with E-state index in [1.807, 2.05) is 42.2 Å². The lowest BCUT2D eigenvalue weighted by atomic mass is 10.0. The van der Waals surface area contributed by atoms with Gasteiger partial charge in [-0.15, -0.1) is 0 Å². The second-order valence-electron chi connectivity index (χ2n) is 3.68. The predicted octanol–water partition coefficient (Wildman–Crippen LogP) is 2.87. The van der Waals surface area contributed by atoms with Gasteiger partial charge in [0.15, 0.2) is 0 Å². The highest BCUT2D eigenvalue weighted by Crippen LogP contribution is 2.26. The maximum atomic E-state index is 9.02. The Morgan fingerprint density at radius 3 is 2.53 bits per heavy atom. The Morgan fingerprint density at radius 2 is 1.87 bits per heavy atom. The summed E-state index contributed by atoms with van der Waals surface area (Å²) in [7, 11) is 1.93. The van der Waals surface area contributed by atoms with Crippen molar-refractivity contribution >= 4 is 0 Å². The summed E-state index contributed by atoms with van der Waals surface area (Å²) in [6.45, 7) is 2.06. The van der Waals surface area contributed by atoms with Gasteiger partial charge in [0, 0.05) is 25.0 Å². The van der Waals surface area contributed by atoms with Crippen LogP contribution in [0, 0.1) is 18.3 Å². The van der Waals surface area contributed by atoms with Crippen molar-refractivity contribution in [2.45, 2.75) is 6.92 Å². The fraction of sp³-hybridized carbons (Fsp3) is 0.154. The van der Waals surface area contributed by atoms with Crippen LogP contribution in [0.15, 0.2) is 36.7 Å². The number of rotatable bonds is 1. The molecule has 0 fully saturated rings. The number of aromatic nitrogens is 1. The second-order valence-corrected chi connectivity index (χ2v) is 3.68. The normalized spacial score (nSPS) is 9.93. The predicted molar refractivity (Wildman–Crippen MR) is 60.3 cm³/mol. The Balaban J connectivity index is 2.65. The molecular weight excluding hydrogens is 184 g/mol. The van der Waals surface area contributed by atoms with E-state index in [2.05, 4.69) is 19.1 Å². The topological polar surface area (TPSA) is 28.7 Å². The third kappa shape index (κ3) is 1.64. The summed E-state index contributed by atoms with van der Waals surface area (Å²) in [6, 6.07) is 10.3. The van der Waals surface area contributed by atoms with Gasteiger partial charge in [-0.3, -0.25) is 0 Å². The Kier molecular flexibility index (Phi) is 2.31. The van der Waals surface area contributed by atoms with E-state index in [9.17, 15) is 0 Å². The number of nitriles is 1. The molecule has 0 unspecified atom stereocenters. The molecular formula is C13H12N2. The molecule has 0 spiro atoms. The van der Waals surface area contributed by atoms with Gasteiger partial charge in [-0.1, -0.05) is 24.3 Å². The molecule has 0 N–H and O–H groups in total. The zero-order valence-electron chi connectivity index (χ0n) is 8.86. The lowest BCUT2D eigenvalue weighted by Crippen LogP contribution is -1.82. The third-order valence-corrected chi connectivity index (χ3v) is 2.51. The molecule has 0 bridgehead atoms. The first kappa shape index (κ1) is 9.54. The summed E-state index contributed by atoms with van der Waals surface area (Å²) in [6.07, 6.45) is 3.84. The molecule has 0 radical (unpaired) electrons. The van der Waals surface area contributed by atoms with Gasteiger partial charge in [0.25, 0.3) is 0 Å². The Morgan fingerprint density at radius 1 is 1.13 bits per heavy atom. The number of nitrogens with zero attached hydrogens (tertiary/aromatic N) is 2. The SMILES string of the molecule is Cc1ccccc1-c1cn(C)cc1C#N. The minimum atomic E-state index is 0.729. The third-order valence-electron chi connectivity index (χ3n) is 2.51. The number of hydrogen-bond acceptors (Lipinski definition) is 1. The molecule has 2 heteroatoms. The van der Waals surface area contributed by atoms with Crippen molar-refractivity contribution in [2.24, 2.45) is 7.05 Å². The van der Waals surface area contributed by atoms with Crippen LogP contribution in [0.1, 0.15) is 11.1 Å². The summed E-state index contributed by atoms with van der Waals surface area (Å²) in [5, 5.41) is 9.02. The molecule has 0 aliphatic rings. The molecule has 15 heavy (non-hydrogen) atoms. The van der Waals surface area contributed by atoms with Crippen LogP contribution in [0.25, 0.3) is 11.1 Å². The highest BCUT2D eigenvalue weighted by atomic mass is 14.9. The molecule has 0 saturated heterocycles. The molecule has 2 aromatic rings. The van der Waals surface area contributed by atoms with Crippen molar-refractivity contribution < 1.29 is 0 Å². The summed E-state index contributed by atoms with van der Waals surface area (Å²) in [4.78, 5) is 0. The first-order valence-electron chi connectivity index (χ1n) is 4.84. The van der Waals surface area contributed by atoms with E-state index < -0.39 is 0 Å². The fourth-order valence-electron chi connectivity index (χ4n) is 1.76. The smallest absolute Gasteiger partial charge is 0.101 e. The van der Waals surface area contributed by atoms with Crippen molar-refractivity contribution in [1.82, 2.24) is 4.57 Å². The van der Waals surface area contributed by atoms with Gasteiger partial charge < -0.3 is 4.57 Å². The second kappa shape index (κ2) is 3.62. The molecule has 1 heterocycles. The molecule has 0 saturated carbocycles. The summed E-state index contributed by atoms with van der Waals surface area (Å²) in [5.41, 5.74) is 4.07. The van der Waals surface area contributed by atoms with E-state index in [4.69, 9.17) is 5.26 Å². The van der Waals surface area contributed by atoms with E-state index in [-0.39, 0.29) is 0 Å². The van der Waals surface area contributed by atoms with E-state index in [1.165, 1.54) is 5.56 Å². The minimum absolute atomic E-state index is 0.729. The van der Waals surface area contributed by atoms with Gasteiger partial charge in [0.1, 0.15) is 6.07 Å². The average Bonchev–Trinajstić information content (AvgIpc) is 2.60. The highest BCUT2D eigenvalue weighted by molar-refractivity contribution is 5.72. The maximum Gasteiger partial charge on any atom is 0.101 e. The van der Waals surface area contributed by atoms with Gasteiger partial charge in [-0.25, -0.2) is 0 Å². The first-order chi connectivity index (χ1) is 7.22. The molecule has 2 nitrogen and oxygen atoms in total. The van der Waals surface area contributed by atoms with Crippen molar-refractivity contribution in [3.63, 3.8) is 0 Å². The standard InChI is InChI=1S/C13H12N2/c1-10-5-3-4-6-12(10)13-9-15(2)8-11(13)7-14/h3-6,8-9H,1-2H3. The van der Waals surface area contributed by atoms with E-state index in [0.29, 0.717) is 0 Å². The zero-order chi connectivity index (χ0) is 10.8. The largest absolute Gasteiger partial charge is 0.355 e. The number of benzene rings is 1.